The third-order valence-corrected chi connectivity index (χ3v) is 5.39. The molecule has 20 heavy (non-hydrogen) atoms. The summed E-state index contributed by atoms with van der Waals surface area (Å²) in [4.78, 5) is 0.310. The van der Waals surface area contributed by atoms with Crippen molar-refractivity contribution in [2.45, 2.75) is 44.4 Å². The van der Waals surface area contributed by atoms with Gasteiger partial charge in [-0.05, 0) is 44.0 Å². The Bertz CT molecular complexity index is 576. The Labute approximate surface area is 120 Å². The van der Waals surface area contributed by atoms with E-state index in [0.717, 1.165) is 11.1 Å². The quantitative estimate of drug-likeness (QED) is 0.911. The summed E-state index contributed by atoms with van der Waals surface area (Å²) >= 11 is 0. The number of morpholine rings is 1. The van der Waals surface area contributed by atoms with Crippen LogP contribution >= 0.6 is 0 Å². The summed E-state index contributed by atoms with van der Waals surface area (Å²) < 4.78 is 32.5. The van der Waals surface area contributed by atoms with Gasteiger partial charge in [0.15, 0.2) is 0 Å². The predicted octanol–water partition coefficient (Wildman–Crippen LogP) is 1.25. The highest BCUT2D eigenvalue weighted by Gasteiger charge is 2.32. The molecule has 2 atom stereocenters. The van der Waals surface area contributed by atoms with Gasteiger partial charge in [-0.3, -0.25) is 0 Å². The Hall–Kier alpha value is -0.950. The minimum absolute atomic E-state index is 0.0899. The fraction of sp³-hybridized carbons (Fsp3) is 0.571. The number of benzene rings is 1. The van der Waals surface area contributed by atoms with Crippen LogP contribution in [0.2, 0.25) is 0 Å². The van der Waals surface area contributed by atoms with Crippen LogP contribution in [0.1, 0.15) is 25.0 Å². The first kappa shape index (κ1) is 15.4. The molecule has 0 amide bonds. The van der Waals surface area contributed by atoms with Crippen molar-refractivity contribution in [1.29, 1.82) is 0 Å². The number of hydrogen-bond donors (Lipinski definition) is 1. The van der Waals surface area contributed by atoms with Crippen LogP contribution in [-0.2, 0) is 21.3 Å². The second-order valence-electron chi connectivity index (χ2n) is 5.37. The topological polar surface area (TPSA) is 72.6 Å². The van der Waals surface area contributed by atoms with Gasteiger partial charge in [0.1, 0.15) is 0 Å². The molecule has 1 aliphatic rings. The summed E-state index contributed by atoms with van der Waals surface area (Å²) in [6, 6.07) is 5.13. The normalized spacial score (nSPS) is 24.8. The average Bonchev–Trinajstić information content (AvgIpc) is 2.37. The van der Waals surface area contributed by atoms with Crippen LogP contribution < -0.4 is 5.73 Å². The zero-order valence-electron chi connectivity index (χ0n) is 12.2. The van der Waals surface area contributed by atoms with E-state index in [4.69, 9.17) is 10.5 Å². The molecule has 1 aromatic rings. The lowest BCUT2D eigenvalue weighted by molar-refractivity contribution is -0.0440. The smallest absolute Gasteiger partial charge is 0.243 e. The van der Waals surface area contributed by atoms with E-state index in [1.54, 1.807) is 12.1 Å². The maximum Gasteiger partial charge on any atom is 0.243 e. The average molecular weight is 298 g/mol. The van der Waals surface area contributed by atoms with E-state index in [1.165, 1.54) is 4.31 Å². The Morgan fingerprint density at radius 3 is 2.45 bits per heavy atom. The van der Waals surface area contributed by atoms with E-state index in [0.29, 0.717) is 24.5 Å². The first-order valence-corrected chi connectivity index (χ1v) is 8.23. The Balaban J connectivity index is 2.34. The number of ether oxygens (including phenoxy) is 1. The van der Waals surface area contributed by atoms with Gasteiger partial charge in [-0.15, -0.1) is 0 Å². The highest BCUT2D eigenvalue weighted by Crippen LogP contribution is 2.23. The molecule has 2 rings (SSSR count). The molecule has 1 saturated heterocycles. The molecular formula is C14H22N2O3S. The second kappa shape index (κ2) is 5.81. The van der Waals surface area contributed by atoms with Crippen molar-refractivity contribution in [1.82, 2.24) is 4.31 Å². The standard InChI is InChI=1S/C14H22N2O3S/c1-10-4-5-14(6-13(10)7-15)20(17,18)16-8-11(2)19-12(3)9-16/h4-6,11-12H,7-9,15H2,1-3H3/t11-,12+. The van der Waals surface area contributed by atoms with Crippen LogP contribution in [0, 0.1) is 6.92 Å². The predicted molar refractivity (Wildman–Crippen MR) is 77.8 cm³/mol. The van der Waals surface area contributed by atoms with Gasteiger partial charge >= 0.3 is 0 Å². The SMILES string of the molecule is Cc1ccc(S(=O)(=O)N2C[C@@H](C)O[C@@H](C)C2)cc1CN. The third-order valence-electron chi connectivity index (χ3n) is 3.56. The minimum atomic E-state index is -3.48. The molecule has 0 radical (unpaired) electrons. The molecule has 1 aromatic carbocycles. The highest BCUT2D eigenvalue weighted by molar-refractivity contribution is 7.89. The van der Waals surface area contributed by atoms with Crippen molar-refractivity contribution in [3.8, 4) is 0 Å². The summed E-state index contributed by atoms with van der Waals surface area (Å²) in [5.74, 6) is 0. The fourth-order valence-corrected chi connectivity index (χ4v) is 4.15. The summed E-state index contributed by atoms with van der Waals surface area (Å²) in [5.41, 5.74) is 7.53. The van der Waals surface area contributed by atoms with Gasteiger partial charge in [0.05, 0.1) is 17.1 Å². The van der Waals surface area contributed by atoms with Crippen molar-refractivity contribution in [3.63, 3.8) is 0 Å². The van der Waals surface area contributed by atoms with Crippen molar-refractivity contribution < 1.29 is 13.2 Å². The van der Waals surface area contributed by atoms with Crippen molar-refractivity contribution >= 4 is 10.0 Å². The van der Waals surface area contributed by atoms with Gasteiger partial charge in [0.25, 0.3) is 0 Å². The molecule has 112 valence electrons. The van der Waals surface area contributed by atoms with Crippen LogP contribution in [0.3, 0.4) is 0 Å². The van der Waals surface area contributed by atoms with Gasteiger partial charge < -0.3 is 10.5 Å². The molecule has 0 aromatic heterocycles. The summed E-state index contributed by atoms with van der Waals surface area (Å²) in [5, 5.41) is 0. The van der Waals surface area contributed by atoms with Crippen molar-refractivity contribution in [2.75, 3.05) is 13.1 Å². The van der Waals surface area contributed by atoms with Gasteiger partial charge in [-0.25, -0.2) is 8.42 Å². The van der Waals surface area contributed by atoms with E-state index in [2.05, 4.69) is 0 Å². The van der Waals surface area contributed by atoms with Gasteiger partial charge in [0, 0.05) is 19.6 Å². The molecule has 0 aliphatic carbocycles. The van der Waals surface area contributed by atoms with Crippen LogP contribution in [0.15, 0.2) is 23.1 Å². The monoisotopic (exact) mass is 298 g/mol. The van der Waals surface area contributed by atoms with E-state index < -0.39 is 10.0 Å². The van der Waals surface area contributed by atoms with Gasteiger partial charge in [-0.1, -0.05) is 6.07 Å². The number of hydrogen-bond acceptors (Lipinski definition) is 4. The molecule has 1 aliphatic heterocycles. The molecule has 0 spiro atoms. The fourth-order valence-electron chi connectivity index (χ4n) is 2.50. The van der Waals surface area contributed by atoms with E-state index >= 15 is 0 Å². The van der Waals surface area contributed by atoms with Crippen LogP contribution in [0.25, 0.3) is 0 Å². The van der Waals surface area contributed by atoms with Gasteiger partial charge in [0.2, 0.25) is 10.0 Å². The number of aryl methyl sites for hydroxylation is 1. The van der Waals surface area contributed by atoms with E-state index in [-0.39, 0.29) is 12.2 Å². The van der Waals surface area contributed by atoms with E-state index in [9.17, 15) is 8.42 Å². The maximum atomic E-state index is 12.7. The van der Waals surface area contributed by atoms with Crippen molar-refractivity contribution in [2.24, 2.45) is 5.73 Å². The molecule has 1 heterocycles. The second-order valence-corrected chi connectivity index (χ2v) is 7.31. The highest BCUT2D eigenvalue weighted by atomic mass is 32.2. The van der Waals surface area contributed by atoms with Crippen LogP contribution in [-0.4, -0.2) is 38.0 Å². The number of rotatable bonds is 3. The van der Waals surface area contributed by atoms with Crippen molar-refractivity contribution in [3.05, 3.63) is 29.3 Å². The third kappa shape index (κ3) is 3.03. The molecule has 6 heteroatoms. The Morgan fingerprint density at radius 2 is 1.90 bits per heavy atom. The Kier molecular flexibility index (Phi) is 4.49. The molecular weight excluding hydrogens is 276 g/mol. The zero-order valence-corrected chi connectivity index (χ0v) is 13.0. The van der Waals surface area contributed by atoms with Gasteiger partial charge in [-0.2, -0.15) is 4.31 Å². The molecule has 0 unspecified atom stereocenters. The number of nitrogens with zero attached hydrogens (tertiary/aromatic N) is 1. The van der Waals surface area contributed by atoms with Crippen LogP contribution in [0.4, 0.5) is 0 Å². The molecule has 2 N–H and O–H groups in total. The summed E-state index contributed by atoms with van der Waals surface area (Å²) in [7, 11) is -3.48. The number of nitrogens with two attached hydrogens (primary N) is 1. The minimum Gasteiger partial charge on any atom is -0.373 e. The first-order chi connectivity index (χ1) is 9.34. The molecule has 1 fully saturated rings. The zero-order chi connectivity index (χ0) is 14.9. The maximum absolute atomic E-state index is 12.7. The molecule has 0 saturated carbocycles. The largest absolute Gasteiger partial charge is 0.373 e. The van der Waals surface area contributed by atoms with E-state index in [1.807, 2.05) is 26.8 Å². The lowest BCUT2D eigenvalue weighted by atomic mass is 10.1. The molecule has 5 nitrogen and oxygen atoms in total. The number of sulfonamides is 1. The van der Waals surface area contributed by atoms with Crippen LogP contribution in [0.5, 0.6) is 0 Å². The lowest BCUT2D eigenvalue weighted by Gasteiger charge is -2.34. The molecule has 0 bridgehead atoms. The first-order valence-electron chi connectivity index (χ1n) is 6.79. The lowest BCUT2D eigenvalue weighted by Crippen LogP contribution is -2.48. The summed E-state index contributed by atoms with van der Waals surface area (Å²) in [6.07, 6.45) is -0.180. The Morgan fingerprint density at radius 1 is 1.30 bits per heavy atom. The summed E-state index contributed by atoms with van der Waals surface area (Å²) in [6.45, 7) is 6.82.